The molecule has 1 unspecified atom stereocenters. The van der Waals surface area contributed by atoms with Gasteiger partial charge in [-0.05, 0) is 36.3 Å². The zero-order valence-corrected chi connectivity index (χ0v) is 17.0. The molecule has 3 rings (SSSR count). The van der Waals surface area contributed by atoms with Gasteiger partial charge in [-0.2, -0.15) is 4.68 Å². The normalized spacial score (nSPS) is 12.1. The van der Waals surface area contributed by atoms with Crippen molar-refractivity contribution in [1.82, 2.24) is 19.7 Å². The van der Waals surface area contributed by atoms with Crippen LogP contribution in [-0.2, 0) is 18.0 Å². The standard InChI is InChI=1S/C20H25N5O2S/c1-3-11-21-18(26)14-23(2)15-25-20(28)24(13-16-8-5-4-6-9-16)19(22-25)17-10-7-12-27-17/h4-10,12H,3,11,13-15H2,1-2H3,(H,21,26)/p+1. The lowest BCUT2D eigenvalue weighted by Crippen LogP contribution is -3.09. The molecule has 1 atom stereocenters. The molecule has 0 saturated carbocycles. The average molecular weight is 401 g/mol. The topological polar surface area (TPSA) is 69.4 Å². The Morgan fingerprint density at radius 1 is 1.25 bits per heavy atom. The summed E-state index contributed by atoms with van der Waals surface area (Å²) < 4.78 is 9.90. The molecule has 0 spiro atoms. The van der Waals surface area contributed by atoms with E-state index in [1.165, 1.54) is 0 Å². The van der Waals surface area contributed by atoms with Gasteiger partial charge < -0.3 is 14.6 Å². The van der Waals surface area contributed by atoms with Gasteiger partial charge in [0.05, 0.1) is 19.9 Å². The first kappa shape index (κ1) is 20.0. The number of hydrogen-bond donors (Lipinski definition) is 2. The van der Waals surface area contributed by atoms with Crippen LogP contribution in [0.15, 0.2) is 53.1 Å². The molecule has 0 aliphatic carbocycles. The van der Waals surface area contributed by atoms with Crippen LogP contribution in [0.3, 0.4) is 0 Å². The van der Waals surface area contributed by atoms with Gasteiger partial charge in [0.2, 0.25) is 4.77 Å². The van der Waals surface area contributed by atoms with E-state index in [2.05, 4.69) is 22.5 Å². The minimum atomic E-state index is 0.0286. The highest BCUT2D eigenvalue weighted by Gasteiger charge is 2.18. The van der Waals surface area contributed by atoms with Crippen LogP contribution in [0.1, 0.15) is 18.9 Å². The summed E-state index contributed by atoms with van der Waals surface area (Å²) in [6, 6.07) is 13.8. The smallest absolute Gasteiger partial charge is 0.275 e. The quantitative estimate of drug-likeness (QED) is 0.537. The van der Waals surface area contributed by atoms with E-state index in [1.54, 1.807) is 10.9 Å². The fourth-order valence-electron chi connectivity index (χ4n) is 2.95. The number of furan rings is 1. The van der Waals surface area contributed by atoms with Crippen molar-refractivity contribution >= 4 is 18.1 Å². The molecule has 28 heavy (non-hydrogen) atoms. The zero-order valence-electron chi connectivity index (χ0n) is 16.2. The van der Waals surface area contributed by atoms with Crippen molar-refractivity contribution in [2.24, 2.45) is 0 Å². The maximum atomic E-state index is 12.0. The second-order valence-corrected chi connectivity index (χ2v) is 7.16. The fraction of sp³-hybridized carbons (Fsp3) is 0.350. The molecule has 0 aliphatic rings. The zero-order chi connectivity index (χ0) is 19.9. The number of nitrogens with one attached hydrogen (secondary N) is 2. The van der Waals surface area contributed by atoms with Crippen LogP contribution in [0.25, 0.3) is 11.6 Å². The van der Waals surface area contributed by atoms with Crippen molar-refractivity contribution in [1.29, 1.82) is 0 Å². The van der Waals surface area contributed by atoms with Gasteiger partial charge in [0.15, 0.2) is 24.8 Å². The first-order chi connectivity index (χ1) is 13.6. The molecule has 0 bridgehead atoms. The Morgan fingerprint density at radius 3 is 2.71 bits per heavy atom. The van der Waals surface area contributed by atoms with E-state index in [0.717, 1.165) is 16.9 Å². The maximum absolute atomic E-state index is 12.0. The number of nitrogens with zero attached hydrogens (tertiary/aromatic N) is 3. The summed E-state index contributed by atoms with van der Waals surface area (Å²) in [5.74, 6) is 1.38. The Morgan fingerprint density at radius 2 is 2.04 bits per heavy atom. The molecule has 3 aromatic rings. The summed E-state index contributed by atoms with van der Waals surface area (Å²) in [5.41, 5.74) is 1.13. The first-order valence-electron chi connectivity index (χ1n) is 9.42. The van der Waals surface area contributed by atoms with Gasteiger partial charge in [0.25, 0.3) is 5.91 Å². The predicted octanol–water partition coefficient (Wildman–Crippen LogP) is 1.72. The van der Waals surface area contributed by atoms with Crippen LogP contribution < -0.4 is 10.2 Å². The first-order valence-corrected chi connectivity index (χ1v) is 9.82. The molecule has 0 aliphatic heterocycles. The molecule has 2 aromatic heterocycles. The predicted molar refractivity (Wildman–Crippen MR) is 109 cm³/mol. The van der Waals surface area contributed by atoms with Crippen LogP contribution >= 0.6 is 12.2 Å². The van der Waals surface area contributed by atoms with Gasteiger partial charge >= 0.3 is 0 Å². The van der Waals surface area contributed by atoms with Gasteiger partial charge in [0.1, 0.15) is 0 Å². The van der Waals surface area contributed by atoms with Crippen LogP contribution in [0.4, 0.5) is 0 Å². The summed E-state index contributed by atoms with van der Waals surface area (Å²) in [7, 11) is 1.95. The molecule has 2 heterocycles. The van der Waals surface area contributed by atoms with Gasteiger partial charge in [-0.25, -0.2) is 0 Å². The molecule has 0 saturated heterocycles. The van der Waals surface area contributed by atoms with Crippen molar-refractivity contribution in [3.63, 3.8) is 0 Å². The second kappa shape index (κ2) is 9.48. The molecule has 1 amide bonds. The molecule has 148 valence electrons. The Labute approximate surface area is 169 Å². The maximum Gasteiger partial charge on any atom is 0.275 e. The van der Waals surface area contributed by atoms with Gasteiger partial charge in [-0.3, -0.25) is 9.36 Å². The summed E-state index contributed by atoms with van der Waals surface area (Å²) >= 11 is 5.70. The minimum absolute atomic E-state index is 0.0286. The van der Waals surface area contributed by atoms with Crippen molar-refractivity contribution in [3.05, 3.63) is 59.1 Å². The van der Waals surface area contributed by atoms with Crippen molar-refractivity contribution in [2.45, 2.75) is 26.6 Å². The lowest BCUT2D eigenvalue weighted by atomic mass is 10.2. The number of amides is 1. The van der Waals surface area contributed by atoms with Crippen LogP contribution in [-0.4, -0.2) is 40.4 Å². The van der Waals surface area contributed by atoms with Gasteiger partial charge in [-0.1, -0.05) is 37.3 Å². The Kier molecular flexibility index (Phi) is 6.78. The summed E-state index contributed by atoms with van der Waals surface area (Å²) in [4.78, 5) is 13.0. The average Bonchev–Trinajstić information content (AvgIpc) is 3.31. The number of carbonyl (C=O) groups is 1. The molecule has 1 aromatic carbocycles. The summed E-state index contributed by atoms with van der Waals surface area (Å²) in [6.45, 7) is 4.19. The third-order valence-electron chi connectivity index (χ3n) is 4.30. The largest absolute Gasteiger partial charge is 0.461 e. The minimum Gasteiger partial charge on any atom is -0.461 e. The highest BCUT2D eigenvalue weighted by atomic mass is 32.1. The molecular weight excluding hydrogens is 374 g/mol. The monoisotopic (exact) mass is 400 g/mol. The second-order valence-electron chi connectivity index (χ2n) is 6.80. The highest BCUT2D eigenvalue weighted by Crippen LogP contribution is 2.20. The van der Waals surface area contributed by atoms with E-state index in [-0.39, 0.29) is 5.91 Å². The fourth-order valence-corrected chi connectivity index (χ4v) is 3.21. The Bertz CT molecular complexity index is 947. The lowest BCUT2D eigenvalue weighted by molar-refractivity contribution is -0.895. The highest BCUT2D eigenvalue weighted by molar-refractivity contribution is 7.71. The molecule has 7 nitrogen and oxygen atoms in total. The third-order valence-corrected chi connectivity index (χ3v) is 4.73. The van der Waals surface area contributed by atoms with E-state index in [4.69, 9.17) is 16.6 Å². The van der Waals surface area contributed by atoms with Crippen molar-refractivity contribution < 1.29 is 14.1 Å². The van der Waals surface area contributed by atoms with Gasteiger partial charge in [-0.15, -0.1) is 5.10 Å². The number of quaternary nitrogens is 1. The number of carbonyl (C=O) groups excluding carboxylic acids is 1. The van der Waals surface area contributed by atoms with Crippen molar-refractivity contribution in [3.8, 4) is 11.6 Å². The lowest BCUT2D eigenvalue weighted by Gasteiger charge is -2.13. The van der Waals surface area contributed by atoms with E-state index < -0.39 is 0 Å². The summed E-state index contributed by atoms with van der Waals surface area (Å²) in [6.07, 6.45) is 2.55. The Hall–Kier alpha value is -2.71. The number of aromatic nitrogens is 3. The summed E-state index contributed by atoms with van der Waals surface area (Å²) in [5, 5.41) is 7.59. The molecule has 0 fully saturated rings. The number of hydrogen-bond acceptors (Lipinski definition) is 4. The SMILES string of the molecule is CCCNC(=O)C[NH+](C)Cn1nc(-c2ccco2)n(Cc2ccccc2)c1=S. The number of rotatable bonds is 9. The Balaban J connectivity index is 1.83. The molecular formula is C20H26N5O2S+. The van der Waals surface area contributed by atoms with E-state index in [1.807, 2.05) is 48.9 Å². The third kappa shape index (κ3) is 4.96. The van der Waals surface area contributed by atoms with E-state index >= 15 is 0 Å². The van der Waals surface area contributed by atoms with Crippen LogP contribution in [0, 0.1) is 4.77 Å². The number of benzene rings is 1. The van der Waals surface area contributed by atoms with E-state index in [0.29, 0.717) is 42.7 Å². The molecule has 0 radical (unpaired) electrons. The number of likely N-dealkylation sites (N-methyl/N-ethyl adjacent to an activating group) is 1. The van der Waals surface area contributed by atoms with Crippen LogP contribution in [0.5, 0.6) is 0 Å². The van der Waals surface area contributed by atoms with Gasteiger partial charge in [0, 0.05) is 6.54 Å². The van der Waals surface area contributed by atoms with E-state index in [9.17, 15) is 4.79 Å². The van der Waals surface area contributed by atoms with Crippen molar-refractivity contribution in [2.75, 3.05) is 20.1 Å². The van der Waals surface area contributed by atoms with Crippen LogP contribution in [0.2, 0.25) is 0 Å². The molecule has 8 heteroatoms. The molecule has 2 N–H and O–H groups in total.